The van der Waals surface area contributed by atoms with E-state index in [-0.39, 0.29) is 0 Å². The van der Waals surface area contributed by atoms with Gasteiger partial charge in [-0.05, 0) is 0 Å². The van der Waals surface area contributed by atoms with Gasteiger partial charge in [0.1, 0.15) is 21.0 Å². The standard InChI is InChI=1S/C2H8N2.3C2H4O2.H6OSi2/c3-1-2-4;3*1-2(3)4;2-1-3/h1-4H2;3*1H3,(H,3,4);2-3H3. The molecule has 0 heterocycles. The highest BCUT2D eigenvalue weighted by Crippen LogP contribution is 1.42. The predicted molar refractivity (Wildman–Crippen MR) is 79.0 cm³/mol. The zero-order valence-corrected chi connectivity index (χ0v) is 16.0. The van der Waals surface area contributed by atoms with Crippen LogP contribution in [0.1, 0.15) is 20.8 Å². The van der Waals surface area contributed by atoms with Crippen LogP contribution in [0.3, 0.4) is 0 Å². The Morgan fingerprint density at radius 1 is 0.842 bits per heavy atom. The maximum Gasteiger partial charge on any atom is 0.300 e. The van der Waals surface area contributed by atoms with E-state index in [1.54, 1.807) is 0 Å². The smallest absolute Gasteiger partial charge is 0.300 e. The molecule has 0 aliphatic rings. The van der Waals surface area contributed by atoms with Crippen LogP contribution in [0.5, 0.6) is 0 Å². The average molecular weight is 318 g/mol. The lowest BCUT2D eigenvalue weighted by atomic mass is 10.7. The van der Waals surface area contributed by atoms with Crippen molar-refractivity contribution >= 4 is 38.9 Å². The van der Waals surface area contributed by atoms with Crippen molar-refractivity contribution in [1.82, 2.24) is 0 Å². The first-order valence-electron chi connectivity index (χ1n) is 4.92. The van der Waals surface area contributed by atoms with Crippen molar-refractivity contribution in [2.75, 3.05) is 13.1 Å². The predicted octanol–water partition coefficient (Wildman–Crippen LogP) is -3.26. The molecule has 11 heteroatoms. The Morgan fingerprint density at radius 2 is 0.895 bits per heavy atom. The second-order valence-corrected chi connectivity index (χ2v) is 5.81. The van der Waals surface area contributed by atoms with E-state index >= 15 is 0 Å². The number of carboxylic acids is 3. The van der Waals surface area contributed by atoms with Gasteiger partial charge in [0.05, 0.1) is 0 Å². The number of hydrogen-bond donors (Lipinski definition) is 5. The lowest BCUT2D eigenvalue weighted by Crippen LogP contribution is -2.11. The summed E-state index contributed by atoms with van der Waals surface area (Å²) in [6, 6.07) is 0. The first-order chi connectivity index (χ1) is 8.52. The number of nitrogens with two attached hydrogens (primary N) is 2. The molecule has 0 unspecified atom stereocenters. The molecule has 0 aromatic rings. The number of hydrogen-bond acceptors (Lipinski definition) is 6. The van der Waals surface area contributed by atoms with E-state index in [1.807, 2.05) is 0 Å². The molecule has 0 aliphatic heterocycles. The van der Waals surface area contributed by atoms with Gasteiger partial charge < -0.3 is 30.9 Å². The minimum atomic E-state index is -0.833. The molecule has 0 saturated carbocycles. The van der Waals surface area contributed by atoms with Gasteiger partial charge in [0.25, 0.3) is 17.9 Å². The van der Waals surface area contributed by atoms with Crippen molar-refractivity contribution in [2.45, 2.75) is 20.8 Å². The van der Waals surface area contributed by atoms with Crippen LogP contribution in [0, 0.1) is 0 Å². The van der Waals surface area contributed by atoms with Crippen LogP contribution in [0.15, 0.2) is 0 Å². The molecular weight excluding hydrogens is 292 g/mol. The molecular formula is C8H26N2O7Si2. The van der Waals surface area contributed by atoms with Crippen LogP contribution < -0.4 is 11.5 Å². The van der Waals surface area contributed by atoms with E-state index in [2.05, 4.69) is 4.12 Å². The van der Waals surface area contributed by atoms with Crippen molar-refractivity contribution in [2.24, 2.45) is 11.5 Å². The molecule has 9 nitrogen and oxygen atoms in total. The van der Waals surface area contributed by atoms with E-state index in [1.165, 1.54) is 0 Å². The number of carboxylic acid groups (broad SMARTS) is 3. The normalized spacial score (nSPS) is 6.79. The Morgan fingerprint density at radius 3 is 0.895 bits per heavy atom. The molecule has 0 rings (SSSR count). The van der Waals surface area contributed by atoms with E-state index in [4.69, 9.17) is 41.2 Å². The van der Waals surface area contributed by atoms with Crippen LogP contribution in [0.4, 0.5) is 0 Å². The molecule has 0 amide bonds. The zero-order valence-electron chi connectivity index (χ0n) is 12.0. The summed E-state index contributed by atoms with van der Waals surface area (Å²) in [5.74, 6) is -2.50. The lowest BCUT2D eigenvalue weighted by molar-refractivity contribution is -0.135. The zero-order chi connectivity index (χ0) is 16.9. The van der Waals surface area contributed by atoms with E-state index in [0.29, 0.717) is 13.1 Å². The van der Waals surface area contributed by atoms with Gasteiger partial charge in [-0.25, -0.2) is 0 Å². The molecule has 0 aromatic carbocycles. The molecule has 7 N–H and O–H groups in total. The largest absolute Gasteiger partial charge is 0.481 e. The Kier molecular flexibility index (Phi) is 57.9. The van der Waals surface area contributed by atoms with Gasteiger partial charge in [-0.1, -0.05) is 0 Å². The first-order valence-corrected chi connectivity index (χ1v) is 6.55. The summed E-state index contributed by atoms with van der Waals surface area (Å²) < 4.78 is 4.53. The summed E-state index contributed by atoms with van der Waals surface area (Å²) in [6.45, 7) is 4.44. The second kappa shape index (κ2) is 36.0. The molecule has 19 heavy (non-hydrogen) atoms. The maximum absolute atomic E-state index is 9.00. The molecule has 118 valence electrons. The number of aliphatic carboxylic acids is 3. The van der Waals surface area contributed by atoms with Crippen molar-refractivity contribution < 1.29 is 33.8 Å². The summed E-state index contributed by atoms with van der Waals surface area (Å²) in [4.78, 5) is 27.0. The third-order valence-electron chi connectivity index (χ3n) is 0.167. The van der Waals surface area contributed by atoms with Crippen LogP contribution in [0.25, 0.3) is 0 Å². The third kappa shape index (κ3) is 47500. The summed E-state index contributed by atoms with van der Waals surface area (Å²) in [5.41, 5.74) is 9.81. The maximum atomic E-state index is 9.00. The second-order valence-electron chi connectivity index (χ2n) is 2.54. The fraction of sp³-hybridized carbons (Fsp3) is 0.625. The lowest BCUT2D eigenvalue weighted by Gasteiger charge is -1.72. The molecule has 0 bridgehead atoms. The van der Waals surface area contributed by atoms with E-state index in [9.17, 15) is 0 Å². The summed E-state index contributed by atoms with van der Waals surface area (Å²) in [7, 11) is 1.86. The van der Waals surface area contributed by atoms with Gasteiger partial charge in [0.15, 0.2) is 0 Å². The first kappa shape index (κ1) is 30.6. The van der Waals surface area contributed by atoms with Gasteiger partial charge in [-0.15, -0.1) is 0 Å². The molecule has 0 atom stereocenters. The van der Waals surface area contributed by atoms with Crippen LogP contribution >= 0.6 is 0 Å². The SMILES string of the molecule is CC(=O)O.CC(=O)O.CC(=O)O.NCCN.[SiH3]O[SiH3]. The van der Waals surface area contributed by atoms with Gasteiger partial charge in [-0.3, -0.25) is 14.4 Å². The van der Waals surface area contributed by atoms with Crippen molar-refractivity contribution in [1.29, 1.82) is 0 Å². The average Bonchev–Trinajstić information content (AvgIpc) is 2.15. The Bertz CT molecular complexity index is 163. The van der Waals surface area contributed by atoms with Crippen molar-refractivity contribution in [3.8, 4) is 0 Å². The van der Waals surface area contributed by atoms with Gasteiger partial charge in [0, 0.05) is 33.9 Å². The summed E-state index contributed by atoms with van der Waals surface area (Å²) in [5, 5.41) is 22.2. The van der Waals surface area contributed by atoms with Gasteiger partial charge >= 0.3 is 0 Å². The van der Waals surface area contributed by atoms with Crippen LogP contribution in [0.2, 0.25) is 0 Å². The highest BCUT2D eigenvalue weighted by molar-refractivity contribution is 6.15. The van der Waals surface area contributed by atoms with Crippen molar-refractivity contribution in [3.05, 3.63) is 0 Å². The highest BCUT2D eigenvalue weighted by atomic mass is 28.3. The minimum absolute atomic E-state index is 0.597. The number of rotatable bonds is 1. The quantitative estimate of drug-likeness (QED) is 0.311. The van der Waals surface area contributed by atoms with E-state index in [0.717, 1.165) is 41.7 Å². The van der Waals surface area contributed by atoms with Gasteiger partial charge in [0.2, 0.25) is 0 Å². The highest BCUT2D eigenvalue weighted by Gasteiger charge is 1.66. The van der Waals surface area contributed by atoms with Crippen molar-refractivity contribution in [3.63, 3.8) is 0 Å². The molecule has 0 fully saturated rings. The molecule has 0 saturated heterocycles. The fourth-order valence-electron chi connectivity index (χ4n) is 0. The summed E-state index contributed by atoms with van der Waals surface area (Å²) >= 11 is 0. The number of carbonyl (C=O) groups is 3. The summed E-state index contributed by atoms with van der Waals surface area (Å²) in [6.07, 6.45) is 0. The topological polar surface area (TPSA) is 173 Å². The van der Waals surface area contributed by atoms with E-state index < -0.39 is 17.9 Å². The Balaban J connectivity index is -0.0000000432. The van der Waals surface area contributed by atoms with Gasteiger partial charge in [-0.2, -0.15) is 0 Å². The van der Waals surface area contributed by atoms with Crippen LogP contribution in [-0.2, 0) is 18.5 Å². The molecule has 0 radical (unpaired) electrons. The fourth-order valence-corrected chi connectivity index (χ4v) is 0. The molecule has 0 aliphatic carbocycles. The monoisotopic (exact) mass is 318 g/mol. The Labute approximate surface area is 119 Å². The third-order valence-corrected chi connectivity index (χ3v) is 0.167. The molecule has 0 spiro atoms. The molecule has 0 aromatic heterocycles. The Hall–Kier alpha value is -1.28. The van der Waals surface area contributed by atoms with Crippen LogP contribution in [-0.4, -0.2) is 67.3 Å². The minimum Gasteiger partial charge on any atom is -0.481 e.